The van der Waals surface area contributed by atoms with E-state index in [9.17, 15) is 9.59 Å². The summed E-state index contributed by atoms with van der Waals surface area (Å²) in [5.41, 5.74) is 2.58. The minimum atomic E-state index is -0.309. The van der Waals surface area contributed by atoms with E-state index in [0.29, 0.717) is 28.8 Å². The van der Waals surface area contributed by atoms with Crippen molar-refractivity contribution in [2.45, 2.75) is 104 Å². The van der Waals surface area contributed by atoms with Gasteiger partial charge in [0.1, 0.15) is 5.02 Å². The molecule has 0 atom stereocenters. The maximum Gasteiger partial charge on any atom is 0.321 e. The van der Waals surface area contributed by atoms with Crippen LogP contribution in [0, 0.1) is 0 Å². The monoisotopic (exact) mass is 586 g/mol. The molecule has 0 aliphatic rings. The summed E-state index contributed by atoms with van der Waals surface area (Å²) in [7, 11) is 1.66. The minimum Gasteiger partial charge on any atom is -0.466 e. The number of aromatic nitrogens is 4. The largest absolute Gasteiger partial charge is 0.466 e. The number of ether oxygens (including phenoxy) is 1. The number of urea groups is 1. The standard InChI is InChI=1S/C31H47ClN6O3/c1-6-7-8-9-10-11-12-13-14-15-21-41-25(39)19-20-37(5)30(40)33-24-18-16-17-23(22-24)28-34-29-26(32)27(31(2,3)4)35-38(29)36-28/h16-18,22H,6-15,19-21H2,1-5H3,(H,33,40)(H,34,36). The van der Waals surface area contributed by atoms with Crippen LogP contribution in [-0.2, 0) is 14.9 Å². The molecule has 0 aliphatic carbocycles. The van der Waals surface area contributed by atoms with Crippen LogP contribution in [0.25, 0.3) is 17.0 Å². The number of aromatic amines is 1. The lowest BCUT2D eigenvalue weighted by atomic mass is 9.92. The van der Waals surface area contributed by atoms with Crippen molar-refractivity contribution >= 4 is 34.9 Å². The van der Waals surface area contributed by atoms with E-state index in [0.717, 1.165) is 24.1 Å². The highest BCUT2D eigenvalue weighted by Gasteiger charge is 2.25. The van der Waals surface area contributed by atoms with Gasteiger partial charge in [-0.15, -0.1) is 9.73 Å². The number of hydrogen-bond donors (Lipinski definition) is 2. The van der Waals surface area contributed by atoms with E-state index >= 15 is 0 Å². The number of halogens is 1. The summed E-state index contributed by atoms with van der Waals surface area (Å²) < 4.78 is 6.86. The Morgan fingerprint density at radius 2 is 1.68 bits per heavy atom. The molecule has 0 radical (unpaired) electrons. The van der Waals surface area contributed by atoms with Gasteiger partial charge in [0.25, 0.3) is 0 Å². The van der Waals surface area contributed by atoms with Crippen molar-refractivity contribution in [1.29, 1.82) is 0 Å². The SMILES string of the molecule is CCCCCCCCCCCCOC(=O)CCN(C)C(=O)Nc1cccc(-c2nn3nc(C(C)(C)C)c(Cl)c3[nH]2)c1. The quantitative estimate of drug-likeness (QED) is 0.131. The lowest BCUT2D eigenvalue weighted by molar-refractivity contribution is -0.143. The molecule has 0 unspecified atom stereocenters. The summed E-state index contributed by atoms with van der Waals surface area (Å²) in [5.74, 6) is 0.308. The Labute approximate surface area is 249 Å². The number of benzene rings is 1. The maximum absolute atomic E-state index is 12.7. The number of fused-ring (bicyclic) bond motifs is 1. The van der Waals surface area contributed by atoms with Crippen molar-refractivity contribution in [2.75, 3.05) is 25.5 Å². The lowest BCUT2D eigenvalue weighted by Gasteiger charge is -2.17. The first-order valence-corrected chi connectivity index (χ1v) is 15.4. The van der Waals surface area contributed by atoms with Crippen LogP contribution in [0.15, 0.2) is 24.3 Å². The van der Waals surface area contributed by atoms with E-state index in [2.05, 4.69) is 27.4 Å². The summed E-state index contributed by atoms with van der Waals surface area (Å²) in [6.07, 6.45) is 12.5. The molecule has 0 saturated heterocycles. The van der Waals surface area contributed by atoms with Gasteiger partial charge in [0.05, 0.1) is 18.7 Å². The average Bonchev–Trinajstić information content (AvgIpc) is 3.50. The van der Waals surface area contributed by atoms with Gasteiger partial charge in [0.2, 0.25) is 0 Å². The first kappa shape index (κ1) is 32.4. The number of anilines is 1. The fourth-order valence-electron chi connectivity index (χ4n) is 4.58. The van der Waals surface area contributed by atoms with Crippen LogP contribution >= 0.6 is 11.6 Å². The molecule has 0 bridgehead atoms. The molecule has 3 rings (SSSR count). The molecular formula is C31H47ClN6O3. The number of hydrogen-bond acceptors (Lipinski definition) is 5. The number of carbonyl (C=O) groups is 2. The van der Waals surface area contributed by atoms with Crippen molar-refractivity contribution in [3.05, 3.63) is 35.0 Å². The van der Waals surface area contributed by atoms with Crippen LogP contribution in [0.3, 0.4) is 0 Å². The Balaban J connectivity index is 1.37. The second-order valence-electron chi connectivity index (χ2n) is 11.8. The highest BCUT2D eigenvalue weighted by Crippen LogP contribution is 2.32. The predicted octanol–water partition coefficient (Wildman–Crippen LogP) is 7.99. The van der Waals surface area contributed by atoms with Gasteiger partial charge in [0.15, 0.2) is 11.5 Å². The van der Waals surface area contributed by atoms with Gasteiger partial charge in [-0.2, -0.15) is 5.10 Å². The van der Waals surface area contributed by atoms with E-state index < -0.39 is 0 Å². The van der Waals surface area contributed by atoms with E-state index in [1.807, 2.05) is 39.0 Å². The molecule has 41 heavy (non-hydrogen) atoms. The Morgan fingerprint density at radius 1 is 1.02 bits per heavy atom. The number of rotatable bonds is 16. The van der Waals surface area contributed by atoms with Crippen LogP contribution in [0.2, 0.25) is 5.02 Å². The van der Waals surface area contributed by atoms with Crippen molar-refractivity contribution in [3.63, 3.8) is 0 Å². The second kappa shape index (κ2) is 15.8. The van der Waals surface area contributed by atoms with Crippen LogP contribution in [0.1, 0.15) is 104 Å². The number of H-pyrrole nitrogens is 1. The third-order valence-electron chi connectivity index (χ3n) is 7.10. The van der Waals surface area contributed by atoms with Gasteiger partial charge in [-0.05, 0) is 18.6 Å². The van der Waals surface area contributed by atoms with E-state index in [1.54, 1.807) is 13.1 Å². The Kier molecular flexibility index (Phi) is 12.5. The summed E-state index contributed by atoms with van der Waals surface area (Å²) in [5, 5.41) is 12.5. The first-order chi connectivity index (χ1) is 19.6. The normalized spacial score (nSPS) is 11.7. The Hall–Kier alpha value is -3.07. The molecule has 9 nitrogen and oxygen atoms in total. The molecule has 10 heteroatoms. The highest BCUT2D eigenvalue weighted by atomic mass is 35.5. The number of nitrogens with zero attached hydrogens (tertiary/aromatic N) is 4. The molecule has 226 valence electrons. The molecule has 2 amide bonds. The zero-order valence-electron chi connectivity index (χ0n) is 25.4. The molecule has 1 aromatic carbocycles. The smallest absolute Gasteiger partial charge is 0.321 e. The molecular weight excluding hydrogens is 540 g/mol. The zero-order valence-corrected chi connectivity index (χ0v) is 26.1. The third-order valence-corrected chi connectivity index (χ3v) is 7.46. The molecule has 2 aromatic heterocycles. The van der Waals surface area contributed by atoms with Gasteiger partial charge in [-0.25, -0.2) is 4.79 Å². The van der Waals surface area contributed by atoms with E-state index in [-0.39, 0.29) is 30.4 Å². The zero-order chi connectivity index (χ0) is 29.8. The first-order valence-electron chi connectivity index (χ1n) is 15.0. The van der Waals surface area contributed by atoms with Crippen LogP contribution in [-0.4, -0.2) is 56.9 Å². The maximum atomic E-state index is 12.7. The van der Waals surface area contributed by atoms with E-state index in [4.69, 9.17) is 16.3 Å². The molecule has 0 saturated carbocycles. The van der Waals surface area contributed by atoms with Gasteiger partial charge >= 0.3 is 12.0 Å². The van der Waals surface area contributed by atoms with Crippen molar-refractivity contribution in [3.8, 4) is 11.4 Å². The molecule has 0 aliphatic heterocycles. The fraction of sp³-hybridized carbons (Fsp3) is 0.613. The summed E-state index contributed by atoms with van der Waals surface area (Å²) in [4.78, 5) is 29.6. The van der Waals surface area contributed by atoms with Crippen LogP contribution in [0.4, 0.5) is 10.5 Å². The molecule has 0 fully saturated rings. The number of carbonyl (C=O) groups excluding carboxylic acids is 2. The average molecular weight is 587 g/mol. The highest BCUT2D eigenvalue weighted by molar-refractivity contribution is 6.34. The predicted molar refractivity (Wildman–Crippen MR) is 166 cm³/mol. The Morgan fingerprint density at radius 3 is 2.32 bits per heavy atom. The van der Waals surface area contributed by atoms with Crippen LogP contribution in [0.5, 0.6) is 0 Å². The van der Waals surface area contributed by atoms with Crippen molar-refractivity contribution in [1.82, 2.24) is 24.7 Å². The molecule has 2 N–H and O–H groups in total. The van der Waals surface area contributed by atoms with Gasteiger partial charge in [-0.1, -0.05) is 109 Å². The third kappa shape index (κ3) is 10.1. The fourth-order valence-corrected chi connectivity index (χ4v) is 5.02. The Bertz CT molecular complexity index is 1260. The topological polar surface area (TPSA) is 105 Å². The summed E-state index contributed by atoms with van der Waals surface area (Å²) in [6, 6.07) is 7.04. The van der Waals surface area contributed by atoms with E-state index in [1.165, 1.54) is 60.9 Å². The lowest BCUT2D eigenvalue weighted by Crippen LogP contribution is -2.33. The number of unbranched alkanes of at least 4 members (excludes halogenated alkanes) is 9. The molecule has 3 aromatic rings. The summed E-state index contributed by atoms with van der Waals surface area (Å²) >= 11 is 6.55. The number of amides is 2. The molecule has 0 spiro atoms. The van der Waals surface area contributed by atoms with Crippen molar-refractivity contribution in [2.24, 2.45) is 0 Å². The van der Waals surface area contributed by atoms with Crippen LogP contribution < -0.4 is 5.32 Å². The van der Waals surface area contributed by atoms with Crippen molar-refractivity contribution < 1.29 is 14.3 Å². The number of nitrogens with one attached hydrogen (secondary N) is 2. The number of esters is 1. The van der Waals surface area contributed by atoms with Gasteiger partial charge in [-0.3, -0.25) is 4.79 Å². The summed E-state index contributed by atoms with van der Waals surface area (Å²) in [6.45, 7) is 9.10. The van der Waals surface area contributed by atoms with Gasteiger partial charge < -0.3 is 19.9 Å². The minimum absolute atomic E-state index is 0.158. The van der Waals surface area contributed by atoms with Gasteiger partial charge in [0, 0.05) is 30.3 Å². The second-order valence-corrected chi connectivity index (χ2v) is 12.2. The molecule has 2 heterocycles.